The maximum absolute atomic E-state index is 12.3. The summed E-state index contributed by atoms with van der Waals surface area (Å²) in [7, 11) is 1.52. The Morgan fingerprint density at radius 2 is 1.72 bits per heavy atom. The maximum Gasteiger partial charge on any atom is 0.331 e. The van der Waals surface area contributed by atoms with E-state index in [0.29, 0.717) is 11.4 Å². The van der Waals surface area contributed by atoms with Gasteiger partial charge in [0.1, 0.15) is 5.75 Å². The summed E-state index contributed by atoms with van der Waals surface area (Å²) >= 11 is 1.57. The standard InChI is InChI=1S/C23H21NO4S/c1-16(23(26)24-19-10-6-7-11-20(19)27-2)28-22(25)15-13-18-12-14-21(29-18)17-8-4-3-5-9-17/h3-16H,1-2H3,(H,24,26)/b15-13+/t16-/m1/s1. The number of para-hydroxylation sites is 2. The number of anilines is 1. The molecule has 0 saturated carbocycles. The number of nitrogens with one attached hydrogen (secondary N) is 1. The van der Waals surface area contributed by atoms with Crippen molar-refractivity contribution in [3.63, 3.8) is 0 Å². The van der Waals surface area contributed by atoms with Crippen molar-refractivity contribution in [3.8, 4) is 16.2 Å². The fourth-order valence-corrected chi connectivity index (χ4v) is 3.52. The number of esters is 1. The quantitative estimate of drug-likeness (QED) is 0.442. The number of rotatable bonds is 7. The van der Waals surface area contributed by atoms with E-state index in [1.807, 2.05) is 42.5 Å². The van der Waals surface area contributed by atoms with Crippen molar-refractivity contribution in [2.24, 2.45) is 0 Å². The van der Waals surface area contributed by atoms with Gasteiger partial charge >= 0.3 is 5.97 Å². The van der Waals surface area contributed by atoms with Crippen LogP contribution in [-0.4, -0.2) is 25.1 Å². The highest BCUT2D eigenvalue weighted by Gasteiger charge is 2.18. The first-order valence-corrected chi connectivity index (χ1v) is 9.86. The first-order valence-electron chi connectivity index (χ1n) is 9.04. The van der Waals surface area contributed by atoms with E-state index in [1.54, 1.807) is 41.7 Å². The summed E-state index contributed by atoms with van der Waals surface area (Å²) in [5, 5.41) is 2.70. The minimum atomic E-state index is -0.944. The molecule has 29 heavy (non-hydrogen) atoms. The predicted octanol–water partition coefficient (Wildman–Crippen LogP) is 5.01. The van der Waals surface area contributed by atoms with Crippen LogP contribution in [0.1, 0.15) is 11.8 Å². The highest BCUT2D eigenvalue weighted by Crippen LogP contribution is 2.28. The van der Waals surface area contributed by atoms with Crippen molar-refractivity contribution < 1.29 is 19.1 Å². The second kappa shape index (κ2) is 9.71. The number of amides is 1. The lowest BCUT2D eigenvalue weighted by atomic mass is 10.2. The van der Waals surface area contributed by atoms with Crippen LogP contribution in [-0.2, 0) is 14.3 Å². The SMILES string of the molecule is COc1ccccc1NC(=O)[C@@H](C)OC(=O)/C=C/c1ccc(-c2ccccc2)s1. The molecule has 0 fully saturated rings. The van der Waals surface area contributed by atoms with Crippen molar-refractivity contribution in [1.82, 2.24) is 0 Å². The Labute approximate surface area is 173 Å². The smallest absolute Gasteiger partial charge is 0.331 e. The van der Waals surface area contributed by atoms with E-state index < -0.39 is 18.0 Å². The van der Waals surface area contributed by atoms with Crippen LogP contribution in [0.5, 0.6) is 5.75 Å². The molecular formula is C23H21NO4S. The Balaban J connectivity index is 1.56. The fourth-order valence-electron chi connectivity index (χ4n) is 2.60. The number of carbonyl (C=O) groups excluding carboxylic acids is 2. The molecule has 0 aliphatic carbocycles. The van der Waals surface area contributed by atoms with Gasteiger partial charge in [-0.05, 0) is 42.8 Å². The number of methoxy groups -OCH3 is 1. The van der Waals surface area contributed by atoms with Crippen LogP contribution in [0.25, 0.3) is 16.5 Å². The molecule has 3 aromatic rings. The van der Waals surface area contributed by atoms with E-state index >= 15 is 0 Å². The van der Waals surface area contributed by atoms with E-state index in [9.17, 15) is 9.59 Å². The lowest BCUT2D eigenvalue weighted by Crippen LogP contribution is -2.29. The summed E-state index contributed by atoms with van der Waals surface area (Å²) in [6, 6.07) is 21.0. The molecule has 1 aromatic heterocycles. The van der Waals surface area contributed by atoms with Crippen LogP contribution < -0.4 is 10.1 Å². The van der Waals surface area contributed by atoms with Gasteiger partial charge in [0.2, 0.25) is 0 Å². The van der Waals surface area contributed by atoms with Gasteiger partial charge in [0, 0.05) is 15.8 Å². The van der Waals surface area contributed by atoms with Gasteiger partial charge < -0.3 is 14.8 Å². The van der Waals surface area contributed by atoms with E-state index in [-0.39, 0.29) is 0 Å². The zero-order valence-electron chi connectivity index (χ0n) is 16.1. The molecule has 6 heteroatoms. The van der Waals surface area contributed by atoms with Crippen molar-refractivity contribution >= 4 is 35.0 Å². The Morgan fingerprint density at radius 3 is 2.48 bits per heavy atom. The molecule has 1 N–H and O–H groups in total. The van der Waals surface area contributed by atoms with E-state index in [0.717, 1.165) is 15.3 Å². The summed E-state index contributed by atoms with van der Waals surface area (Å²) in [5.74, 6) is -0.479. The van der Waals surface area contributed by atoms with Crippen molar-refractivity contribution in [2.75, 3.05) is 12.4 Å². The molecule has 0 bridgehead atoms. The highest BCUT2D eigenvalue weighted by atomic mass is 32.1. The van der Waals surface area contributed by atoms with Crippen LogP contribution in [0, 0.1) is 0 Å². The minimum absolute atomic E-state index is 0.432. The van der Waals surface area contributed by atoms with Crippen LogP contribution >= 0.6 is 11.3 Å². The molecular weight excluding hydrogens is 386 g/mol. The number of hydrogen-bond donors (Lipinski definition) is 1. The van der Waals surface area contributed by atoms with Gasteiger partial charge in [0.05, 0.1) is 12.8 Å². The first-order chi connectivity index (χ1) is 14.1. The monoisotopic (exact) mass is 407 g/mol. The Bertz CT molecular complexity index is 1010. The summed E-state index contributed by atoms with van der Waals surface area (Å²) in [6.45, 7) is 1.52. The third-order valence-corrected chi connectivity index (χ3v) is 5.20. The molecule has 1 amide bonds. The van der Waals surface area contributed by atoms with Gasteiger partial charge in [-0.3, -0.25) is 4.79 Å². The van der Waals surface area contributed by atoms with Gasteiger partial charge in [-0.25, -0.2) is 4.79 Å². The number of hydrogen-bond acceptors (Lipinski definition) is 5. The lowest BCUT2D eigenvalue weighted by Gasteiger charge is -2.14. The molecule has 5 nitrogen and oxygen atoms in total. The topological polar surface area (TPSA) is 64.6 Å². The third-order valence-electron chi connectivity index (χ3n) is 4.10. The molecule has 0 aliphatic rings. The predicted molar refractivity (Wildman–Crippen MR) is 116 cm³/mol. The van der Waals surface area contributed by atoms with Crippen molar-refractivity contribution in [3.05, 3.63) is 77.7 Å². The number of thiophene rings is 1. The van der Waals surface area contributed by atoms with Gasteiger partial charge in [0.15, 0.2) is 6.10 Å². The maximum atomic E-state index is 12.3. The average Bonchev–Trinajstić information content (AvgIpc) is 3.22. The van der Waals surface area contributed by atoms with Gasteiger partial charge in [0.25, 0.3) is 5.91 Å². The largest absolute Gasteiger partial charge is 0.495 e. The Hall–Kier alpha value is -3.38. The van der Waals surface area contributed by atoms with Gasteiger partial charge in [-0.1, -0.05) is 42.5 Å². The normalized spacial score (nSPS) is 11.8. The second-order valence-corrected chi connectivity index (χ2v) is 7.29. The van der Waals surface area contributed by atoms with Gasteiger partial charge in [-0.15, -0.1) is 11.3 Å². The minimum Gasteiger partial charge on any atom is -0.495 e. The molecule has 0 unspecified atom stereocenters. The molecule has 0 radical (unpaired) electrons. The zero-order chi connectivity index (χ0) is 20.6. The number of carbonyl (C=O) groups is 2. The summed E-state index contributed by atoms with van der Waals surface area (Å²) in [4.78, 5) is 26.4. The summed E-state index contributed by atoms with van der Waals surface area (Å²) in [6.07, 6.45) is 2.07. The van der Waals surface area contributed by atoms with Crippen molar-refractivity contribution in [2.45, 2.75) is 13.0 Å². The summed E-state index contributed by atoms with van der Waals surface area (Å²) < 4.78 is 10.4. The van der Waals surface area contributed by atoms with E-state index in [2.05, 4.69) is 5.32 Å². The molecule has 148 valence electrons. The molecule has 1 heterocycles. The molecule has 3 rings (SSSR count). The Kier molecular flexibility index (Phi) is 6.81. The highest BCUT2D eigenvalue weighted by molar-refractivity contribution is 7.16. The second-order valence-electron chi connectivity index (χ2n) is 6.17. The lowest BCUT2D eigenvalue weighted by molar-refractivity contribution is -0.148. The van der Waals surface area contributed by atoms with Crippen molar-refractivity contribution in [1.29, 1.82) is 0 Å². The number of ether oxygens (including phenoxy) is 2. The molecule has 1 atom stereocenters. The average molecular weight is 407 g/mol. The Morgan fingerprint density at radius 1 is 1.00 bits per heavy atom. The zero-order valence-corrected chi connectivity index (χ0v) is 16.9. The summed E-state index contributed by atoms with van der Waals surface area (Å²) in [5.41, 5.74) is 1.65. The van der Waals surface area contributed by atoms with E-state index in [1.165, 1.54) is 20.1 Å². The first kappa shape index (κ1) is 20.4. The fraction of sp³-hybridized carbons (Fsp3) is 0.130. The molecule has 0 saturated heterocycles. The third kappa shape index (κ3) is 5.56. The van der Waals surface area contributed by atoms with Crippen LogP contribution in [0.3, 0.4) is 0 Å². The van der Waals surface area contributed by atoms with Crippen LogP contribution in [0.4, 0.5) is 5.69 Å². The van der Waals surface area contributed by atoms with Crippen LogP contribution in [0.2, 0.25) is 0 Å². The molecule has 2 aromatic carbocycles. The molecule has 0 aliphatic heterocycles. The van der Waals surface area contributed by atoms with Gasteiger partial charge in [-0.2, -0.15) is 0 Å². The molecule has 0 spiro atoms. The van der Waals surface area contributed by atoms with Crippen LogP contribution in [0.15, 0.2) is 72.8 Å². The number of benzene rings is 2. The van der Waals surface area contributed by atoms with E-state index in [4.69, 9.17) is 9.47 Å².